The normalized spacial score (nSPS) is 18.5. The van der Waals surface area contributed by atoms with Crippen molar-refractivity contribution in [1.29, 1.82) is 0 Å². The molecular formula is C17H13Br2NO3S. The molecule has 2 aromatic rings. The lowest BCUT2D eigenvalue weighted by molar-refractivity contribution is 0.0983. The summed E-state index contributed by atoms with van der Waals surface area (Å²) in [7, 11) is -3.27. The van der Waals surface area contributed by atoms with Gasteiger partial charge in [-0.1, -0.05) is 31.9 Å². The van der Waals surface area contributed by atoms with Crippen molar-refractivity contribution < 1.29 is 13.2 Å². The van der Waals surface area contributed by atoms with E-state index in [1.54, 1.807) is 42.5 Å². The molecule has 1 heterocycles. The van der Waals surface area contributed by atoms with Crippen LogP contribution >= 0.6 is 31.9 Å². The van der Waals surface area contributed by atoms with E-state index >= 15 is 0 Å². The van der Waals surface area contributed by atoms with Gasteiger partial charge in [0.15, 0.2) is 9.84 Å². The Balaban J connectivity index is 2.01. The molecule has 1 aliphatic rings. The Morgan fingerprint density at radius 1 is 0.958 bits per heavy atom. The zero-order chi connectivity index (χ0) is 17.3. The van der Waals surface area contributed by atoms with Crippen molar-refractivity contribution in [3.63, 3.8) is 0 Å². The second kappa shape index (κ2) is 6.82. The number of hydrogen-bond donors (Lipinski definition) is 0. The highest BCUT2D eigenvalue weighted by Crippen LogP contribution is 2.26. The van der Waals surface area contributed by atoms with Gasteiger partial charge in [0.25, 0.3) is 5.91 Å². The molecule has 0 saturated heterocycles. The second-order valence-corrected chi connectivity index (χ2v) is 9.15. The van der Waals surface area contributed by atoms with Crippen LogP contribution in [0.15, 0.2) is 69.0 Å². The largest absolute Gasteiger partial charge is 0.300 e. The van der Waals surface area contributed by atoms with Gasteiger partial charge >= 0.3 is 0 Å². The van der Waals surface area contributed by atoms with Crippen LogP contribution in [0.5, 0.6) is 0 Å². The van der Waals surface area contributed by atoms with Crippen molar-refractivity contribution in [3.05, 3.63) is 74.5 Å². The van der Waals surface area contributed by atoms with E-state index < -0.39 is 15.9 Å². The molecule has 0 fully saturated rings. The molecule has 0 N–H and O–H groups in total. The molecule has 7 heteroatoms. The van der Waals surface area contributed by atoms with Crippen molar-refractivity contribution in [2.75, 3.05) is 10.7 Å². The highest BCUT2D eigenvalue weighted by molar-refractivity contribution is 9.10. The van der Waals surface area contributed by atoms with Crippen molar-refractivity contribution in [2.45, 2.75) is 6.04 Å². The fourth-order valence-corrected chi connectivity index (χ4v) is 4.31. The van der Waals surface area contributed by atoms with Crippen LogP contribution in [0.1, 0.15) is 10.4 Å². The van der Waals surface area contributed by atoms with Gasteiger partial charge in [-0.25, -0.2) is 8.42 Å². The van der Waals surface area contributed by atoms with Gasteiger partial charge in [0, 0.05) is 25.6 Å². The maximum Gasteiger partial charge on any atom is 0.258 e. The van der Waals surface area contributed by atoms with Crippen molar-refractivity contribution in [2.24, 2.45) is 0 Å². The minimum absolute atomic E-state index is 0.106. The first-order valence-electron chi connectivity index (χ1n) is 7.11. The van der Waals surface area contributed by atoms with Crippen LogP contribution in [0, 0.1) is 0 Å². The topological polar surface area (TPSA) is 54.5 Å². The number of benzene rings is 2. The molecule has 2 aromatic carbocycles. The Kier molecular flexibility index (Phi) is 4.94. The molecule has 0 bridgehead atoms. The SMILES string of the molecule is O=C(c1ccc(Br)cc1)N(c1ccc(Br)cc1)[C@H]1C=CS(=O)(=O)C1. The first-order valence-corrected chi connectivity index (χ1v) is 10.4. The maximum absolute atomic E-state index is 13.0. The minimum Gasteiger partial charge on any atom is -0.300 e. The number of halogens is 2. The van der Waals surface area contributed by atoms with Gasteiger partial charge in [0.1, 0.15) is 0 Å². The summed E-state index contributed by atoms with van der Waals surface area (Å²) >= 11 is 6.71. The molecule has 0 unspecified atom stereocenters. The predicted molar refractivity (Wildman–Crippen MR) is 102 cm³/mol. The third kappa shape index (κ3) is 3.79. The maximum atomic E-state index is 13.0. The van der Waals surface area contributed by atoms with Crippen LogP contribution < -0.4 is 4.90 Å². The monoisotopic (exact) mass is 469 g/mol. The summed E-state index contributed by atoms with van der Waals surface area (Å²) in [6.07, 6.45) is 1.56. The summed E-state index contributed by atoms with van der Waals surface area (Å²) in [6.45, 7) is 0. The molecule has 0 radical (unpaired) electrons. The number of rotatable bonds is 3. The minimum atomic E-state index is -3.27. The van der Waals surface area contributed by atoms with Crippen LogP contribution in [-0.2, 0) is 9.84 Å². The van der Waals surface area contributed by atoms with E-state index in [2.05, 4.69) is 31.9 Å². The van der Waals surface area contributed by atoms with Gasteiger partial charge in [-0.15, -0.1) is 0 Å². The van der Waals surface area contributed by atoms with E-state index in [-0.39, 0.29) is 11.7 Å². The van der Waals surface area contributed by atoms with E-state index in [0.717, 1.165) is 8.95 Å². The zero-order valence-corrected chi connectivity index (χ0v) is 16.4. The smallest absolute Gasteiger partial charge is 0.258 e. The quantitative estimate of drug-likeness (QED) is 0.676. The number of amides is 1. The summed E-state index contributed by atoms with van der Waals surface area (Å²) in [5, 5.41) is 1.18. The summed E-state index contributed by atoms with van der Waals surface area (Å²) in [5.41, 5.74) is 1.15. The first kappa shape index (κ1) is 17.4. The lowest BCUT2D eigenvalue weighted by Gasteiger charge is -2.28. The molecule has 124 valence electrons. The lowest BCUT2D eigenvalue weighted by atomic mass is 10.1. The first-order chi connectivity index (χ1) is 11.4. The number of anilines is 1. The molecule has 1 aliphatic heterocycles. The van der Waals surface area contributed by atoms with Crippen LogP contribution in [-0.4, -0.2) is 26.1 Å². The van der Waals surface area contributed by atoms with E-state index in [1.165, 1.54) is 10.3 Å². The average molecular weight is 471 g/mol. The fourth-order valence-electron chi connectivity index (χ4n) is 2.51. The van der Waals surface area contributed by atoms with Gasteiger partial charge in [-0.3, -0.25) is 4.79 Å². The Labute approximate surface area is 157 Å². The molecule has 0 aliphatic carbocycles. The molecule has 1 amide bonds. The van der Waals surface area contributed by atoms with Crippen molar-refractivity contribution in [3.8, 4) is 0 Å². The molecule has 4 nitrogen and oxygen atoms in total. The van der Waals surface area contributed by atoms with Gasteiger partial charge in [-0.05, 0) is 54.6 Å². The molecule has 3 rings (SSSR count). The van der Waals surface area contributed by atoms with E-state index in [9.17, 15) is 13.2 Å². The predicted octanol–water partition coefficient (Wildman–Crippen LogP) is 4.17. The summed E-state index contributed by atoms with van der Waals surface area (Å²) in [5.74, 6) is -0.345. The van der Waals surface area contributed by atoms with Crippen molar-refractivity contribution >= 4 is 53.3 Å². The number of nitrogens with zero attached hydrogens (tertiary/aromatic N) is 1. The van der Waals surface area contributed by atoms with Gasteiger partial charge < -0.3 is 4.90 Å². The fraction of sp³-hybridized carbons (Fsp3) is 0.118. The van der Waals surface area contributed by atoms with Gasteiger partial charge in [0.05, 0.1) is 11.8 Å². The van der Waals surface area contributed by atoms with Crippen LogP contribution in [0.3, 0.4) is 0 Å². The summed E-state index contributed by atoms with van der Waals surface area (Å²) in [6, 6.07) is 13.7. The average Bonchev–Trinajstić information content (AvgIpc) is 2.90. The van der Waals surface area contributed by atoms with E-state index in [0.29, 0.717) is 11.3 Å². The Hall–Kier alpha value is -1.44. The van der Waals surface area contributed by atoms with Crippen LogP contribution in [0.25, 0.3) is 0 Å². The standard InChI is InChI=1S/C17H13Br2NO3S/c18-13-3-1-12(2-4-13)17(21)20(15-7-5-14(19)6-8-15)16-9-10-24(22,23)11-16/h1-10,16H,11H2/t16-/m0/s1. The Bertz CT molecular complexity index is 890. The highest BCUT2D eigenvalue weighted by atomic mass is 79.9. The Morgan fingerprint density at radius 2 is 1.50 bits per heavy atom. The van der Waals surface area contributed by atoms with Gasteiger partial charge in [-0.2, -0.15) is 0 Å². The van der Waals surface area contributed by atoms with Crippen molar-refractivity contribution in [1.82, 2.24) is 0 Å². The molecule has 24 heavy (non-hydrogen) atoms. The molecular weight excluding hydrogens is 458 g/mol. The molecule has 0 aromatic heterocycles. The number of sulfone groups is 1. The highest BCUT2D eigenvalue weighted by Gasteiger charge is 2.31. The molecule has 0 spiro atoms. The number of carbonyl (C=O) groups excluding carboxylic acids is 1. The molecule has 1 atom stereocenters. The lowest BCUT2D eigenvalue weighted by Crippen LogP contribution is -2.41. The van der Waals surface area contributed by atoms with Crippen LogP contribution in [0.2, 0.25) is 0 Å². The summed E-state index contributed by atoms with van der Waals surface area (Å²) in [4.78, 5) is 14.5. The second-order valence-electron chi connectivity index (χ2n) is 5.38. The molecule has 0 saturated carbocycles. The van der Waals surface area contributed by atoms with E-state index in [4.69, 9.17) is 0 Å². The number of hydrogen-bond acceptors (Lipinski definition) is 3. The summed E-state index contributed by atoms with van der Waals surface area (Å²) < 4.78 is 25.4. The van der Waals surface area contributed by atoms with Crippen LogP contribution in [0.4, 0.5) is 5.69 Å². The third-order valence-corrected chi connectivity index (χ3v) is 6.09. The Morgan fingerprint density at radius 3 is 2.00 bits per heavy atom. The van der Waals surface area contributed by atoms with Gasteiger partial charge in [0.2, 0.25) is 0 Å². The third-order valence-electron chi connectivity index (χ3n) is 3.66. The zero-order valence-electron chi connectivity index (χ0n) is 12.4. The number of carbonyl (C=O) groups is 1. The van der Waals surface area contributed by atoms with E-state index in [1.807, 2.05) is 12.1 Å².